The van der Waals surface area contributed by atoms with E-state index in [0.29, 0.717) is 101 Å². The average molecular weight is 1950 g/mol. The summed E-state index contributed by atoms with van der Waals surface area (Å²) in [5.41, 5.74) is 0. The summed E-state index contributed by atoms with van der Waals surface area (Å²) in [7, 11) is -8.22. The van der Waals surface area contributed by atoms with Crippen LogP contribution in [-0.2, 0) is 128 Å². The molecule has 6 amide bonds. The molecule has 0 aromatic carbocycles. The molecule has 6 aliphatic heterocycles. The number of thioether (sulfide) groups is 1. The summed E-state index contributed by atoms with van der Waals surface area (Å²) >= 11 is 1.65. The minimum absolute atomic E-state index is 0. The van der Waals surface area contributed by atoms with Crippen molar-refractivity contribution in [1.82, 2.24) is 36.6 Å². The molecule has 29 nitrogen and oxygen atoms in total. The number of rotatable bonds is 66. The van der Waals surface area contributed by atoms with Crippen LogP contribution in [0.5, 0.6) is 0 Å². The quantitative estimate of drug-likeness (QED) is 0.00977. The summed E-state index contributed by atoms with van der Waals surface area (Å²) < 4.78 is 78.3. The number of ether oxygens (including phenoxy) is 6. The summed E-state index contributed by atoms with van der Waals surface area (Å²) in [5.74, 6) is 9.49. The van der Waals surface area contributed by atoms with E-state index in [1.165, 1.54) is 212 Å². The average Bonchev–Trinajstić information content (AvgIpc) is 1.73. The molecule has 6 rings (SSSR count). The van der Waals surface area contributed by atoms with Crippen molar-refractivity contribution < 1.29 is 103 Å². The van der Waals surface area contributed by atoms with E-state index in [2.05, 4.69) is 102 Å². The van der Waals surface area contributed by atoms with E-state index in [-0.39, 0.29) is 95.7 Å². The molecule has 0 aromatic rings. The van der Waals surface area contributed by atoms with Crippen molar-refractivity contribution in [2.75, 3.05) is 122 Å². The smallest absolute Gasteiger partial charge is 0.328 e. The number of carbonyl (C=O) groups excluding carboxylic acids is 12. The molecule has 0 radical (unpaired) electrons. The van der Waals surface area contributed by atoms with Crippen LogP contribution in [0.15, 0.2) is 0 Å². The largest absolute Gasteiger partial charge is 0.464 e. The maximum absolute atomic E-state index is 12.0. The molecular weight excluding hydrogens is 1770 g/mol. The zero-order valence-corrected chi connectivity index (χ0v) is 84.7. The van der Waals surface area contributed by atoms with Crippen LogP contribution in [0.3, 0.4) is 0 Å². The Morgan fingerprint density at radius 2 is 0.574 bits per heavy atom. The first kappa shape index (κ1) is 124. The molecule has 0 saturated carbocycles. The number of sulfone groups is 1. The molecule has 6 aliphatic rings. The number of hydrogen-bond donors (Lipinski definition) is 7. The highest BCUT2D eigenvalue weighted by atomic mass is 32.2. The predicted octanol–water partition coefficient (Wildman–Crippen LogP) is 13.5. The van der Waals surface area contributed by atoms with Gasteiger partial charge in [0.15, 0.2) is 21.3 Å². The number of hydrogen-bond acceptors (Lipinski definition) is 23. The van der Waals surface area contributed by atoms with Crippen LogP contribution in [-0.4, -0.2) is 258 Å². The first-order chi connectivity index (χ1) is 61.3. The molecule has 6 saturated heterocycles. The molecule has 7 N–H and O–H groups in total. The highest BCUT2D eigenvalue weighted by Crippen LogP contribution is 2.23. The van der Waals surface area contributed by atoms with Gasteiger partial charge in [0.25, 0.3) is 11.8 Å². The Labute approximate surface area is 788 Å². The molecule has 0 bridgehead atoms. The van der Waals surface area contributed by atoms with E-state index < -0.39 is 101 Å². The minimum atomic E-state index is -3.65. The number of esters is 6. The number of nitrogens with one attached hydrogen (secondary N) is 7. The molecule has 0 spiro atoms. The lowest BCUT2D eigenvalue weighted by Crippen LogP contribution is -2.43. The van der Waals surface area contributed by atoms with Gasteiger partial charge in [0.05, 0.1) is 69.4 Å². The number of amides is 6. The monoisotopic (exact) mass is 1950 g/mol. The lowest BCUT2D eigenvalue weighted by Gasteiger charge is -2.15. The number of sulfonamides is 1. The van der Waals surface area contributed by atoms with Crippen molar-refractivity contribution in [2.45, 2.75) is 387 Å². The molecule has 6 heterocycles. The van der Waals surface area contributed by atoms with Crippen LogP contribution < -0.4 is 36.6 Å². The standard InChI is InChI=1S/C17H31NO3S.2C16H29NO3S.C15H27NO5S.C15H27NO3S.C14H26N2O5S.CH4/c1-4-5-6-7-8-9-10-13-22(2,3)14-16(19)18-15-11-12-21-17(15)20;2*1-3-4-5-6-7-8-9-12-21(2)13-15(18)17-14-10-11-20-16(14)19;1-2-3-4-5-6-7-8-11-22(19,20)12-14(17)16-13-9-10-21-15(13)18;1-2-3-4-5-6-7-8-11-20-12-14(17)16-13-9-10-19-15(13)18;1-2-3-4-5-6-7-9-15-22(19,20)11-13(17)16-12-8-10-21-14(12)18;/h15H,2-14H2,1H3,(H,18,19);2*14H,3-13H2,1-2H3;13H,2-12H2,1H3,(H,16,17);13H,2-12H2,1H3,(H,16,17);12,15H,2-11H2,1H3,(H,16,17);1H4/p+2. The third-order valence-electron chi connectivity index (χ3n) is 21.9. The Kier molecular flexibility index (Phi) is 75.6. The molecule has 752 valence electrons. The Morgan fingerprint density at radius 3 is 0.876 bits per heavy atom. The summed E-state index contributed by atoms with van der Waals surface area (Å²) in [6.07, 6.45) is 57.2. The molecule has 129 heavy (non-hydrogen) atoms. The van der Waals surface area contributed by atoms with E-state index in [1.807, 2.05) is 0 Å². The number of carbonyl (C=O) groups is 12. The second-order valence-corrected chi connectivity index (χ2v) is 47.2. The number of cyclic esters (lactones) is 6. The van der Waals surface area contributed by atoms with Crippen LogP contribution >= 0.6 is 21.0 Å². The predicted molar refractivity (Wildman–Crippen MR) is 530 cm³/mol. The van der Waals surface area contributed by atoms with Crippen LogP contribution in [0.25, 0.3) is 0 Å². The second kappa shape index (κ2) is 78.9. The van der Waals surface area contributed by atoms with Gasteiger partial charge >= 0.3 is 35.8 Å². The maximum Gasteiger partial charge on any atom is 0.328 e. The van der Waals surface area contributed by atoms with Crippen LogP contribution in [0.2, 0.25) is 0 Å². The summed E-state index contributed by atoms with van der Waals surface area (Å²) in [6, 6.07) is -3.12. The molecule has 8 atom stereocenters. The fourth-order valence-corrected chi connectivity index (χ4v) is 21.8. The van der Waals surface area contributed by atoms with Gasteiger partial charge in [-0.2, -0.15) is 11.8 Å². The zero-order chi connectivity index (χ0) is 94.9. The van der Waals surface area contributed by atoms with Crippen molar-refractivity contribution in [3.05, 3.63) is 0 Å². The highest BCUT2D eigenvalue weighted by molar-refractivity contribution is 8.28. The fraction of sp³-hybridized carbons (Fsp3) is 0.851. The summed E-state index contributed by atoms with van der Waals surface area (Å²) in [6.45, 7) is 15.8. The van der Waals surface area contributed by atoms with E-state index in [0.717, 1.165) is 68.0 Å². The Morgan fingerprint density at radius 1 is 0.326 bits per heavy atom. The normalized spacial score (nSPS) is 18.4. The maximum atomic E-state index is 12.0. The molecule has 0 aromatic heterocycles. The first-order valence-corrected chi connectivity index (χ1v) is 59.4. The second-order valence-electron chi connectivity index (χ2n) is 34.5. The molecule has 6 fully saturated rings. The van der Waals surface area contributed by atoms with Gasteiger partial charge in [0.2, 0.25) is 33.7 Å². The van der Waals surface area contributed by atoms with Gasteiger partial charge in [0.1, 0.15) is 59.3 Å². The van der Waals surface area contributed by atoms with Gasteiger partial charge in [0, 0.05) is 45.1 Å². The highest BCUT2D eigenvalue weighted by Gasteiger charge is 2.35. The first-order valence-electron chi connectivity index (χ1n) is 48.5. The third kappa shape index (κ3) is 69.2. The zero-order valence-electron chi connectivity index (χ0n) is 79.8. The molecule has 8 unspecified atom stereocenters. The summed E-state index contributed by atoms with van der Waals surface area (Å²) in [4.78, 5) is 138. The minimum Gasteiger partial charge on any atom is -0.464 e. The lowest BCUT2D eigenvalue weighted by molar-refractivity contribution is -0.141. The van der Waals surface area contributed by atoms with Gasteiger partial charge in [-0.3, -0.25) is 28.8 Å². The fourth-order valence-electron chi connectivity index (χ4n) is 14.3. The third-order valence-corrected chi connectivity index (χ3v) is 31.4. The van der Waals surface area contributed by atoms with Crippen LogP contribution in [0.4, 0.5) is 0 Å². The van der Waals surface area contributed by atoms with E-state index in [9.17, 15) is 74.4 Å². The van der Waals surface area contributed by atoms with Crippen LogP contribution in [0.1, 0.15) is 351 Å². The van der Waals surface area contributed by atoms with Gasteiger partial charge in [-0.15, -0.1) is 0 Å². The molecular formula is C94H175N7O22S6+2. The topological polar surface area (TPSA) is 413 Å². The molecule has 35 heteroatoms. The Balaban J connectivity index is 0.00000152. The van der Waals surface area contributed by atoms with Gasteiger partial charge in [-0.05, 0) is 84.7 Å². The SMILES string of the molecule is C.C=S(=C)(CCCCCCCCC)CC(=O)NC1CCOC1=O.CCCCCCCCCS(=O)(=O)CC(=O)NC1CCOC1=O.CCCCCCCCCSCC(=O)NC1CCOC1=O.CCCCCCCCC[S+](C)CC(=O)NC1CCOC1=O.CCCCCCCCC[S+](C)CC(=O)NC1CCOC1=O.CCCCCCCCNS(=O)(=O)CC(=O)NC1CCOC1=O. The van der Waals surface area contributed by atoms with E-state index >= 15 is 0 Å². The Bertz CT molecular complexity index is 3190. The van der Waals surface area contributed by atoms with Crippen molar-refractivity contribution in [2.24, 2.45) is 0 Å². The van der Waals surface area contributed by atoms with Crippen molar-refractivity contribution >= 4 is 146 Å². The Hall–Kier alpha value is -5.36. The van der Waals surface area contributed by atoms with E-state index in [1.54, 1.807) is 11.8 Å². The van der Waals surface area contributed by atoms with E-state index in [4.69, 9.17) is 28.4 Å². The van der Waals surface area contributed by atoms with Crippen molar-refractivity contribution in [3.63, 3.8) is 0 Å². The van der Waals surface area contributed by atoms with Gasteiger partial charge < -0.3 is 60.3 Å². The van der Waals surface area contributed by atoms with Crippen molar-refractivity contribution in [1.29, 1.82) is 0 Å². The number of unbranched alkanes of at least 4 members (excludes halogenated alkanes) is 35. The lowest BCUT2D eigenvalue weighted by atomic mass is 10.1. The molecule has 0 aliphatic carbocycles. The van der Waals surface area contributed by atoms with Gasteiger partial charge in [-0.25, -0.2) is 59.5 Å². The van der Waals surface area contributed by atoms with Crippen LogP contribution in [0, 0.1) is 0 Å². The van der Waals surface area contributed by atoms with Crippen molar-refractivity contribution in [3.8, 4) is 0 Å². The van der Waals surface area contributed by atoms with Gasteiger partial charge in [-0.1, -0.05) is 273 Å². The summed E-state index contributed by atoms with van der Waals surface area (Å²) in [5, 5.41) is 15.8.